The summed E-state index contributed by atoms with van der Waals surface area (Å²) in [6, 6.07) is 7.44. The highest BCUT2D eigenvalue weighted by molar-refractivity contribution is 5.86. The van der Waals surface area contributed by atoms with Crippen molar-refractivity contribution in [1.29, 1.82) is 0 Å². The van der Waals surface area contributed by atoms with Crippen LogP contribution in [0.4, 0.5) is 0 Å². The molecule has 0 aliphatic heterocycles. The Morgan fingerprint density at radius 2 is 2.28 bits per heavy atom. The molecule has 0 bridgehead atoms. The number of fused-ring (bicyclic) bond motifs is 1. The minimum absolute atomic E-state index is 0.0583. The van der Waals surface area contributed by atoms with Crippen molar-refractivity contribution in [2.75, 3.05) is 13.2 Å². The zero-order valence-corrected chi connectivity index (χ0v) is 10.2. The topological polar surface area (TPSA) is 75.4 Å². The number of rotatable bonds is 5. The smallest absolute Gasteiger partial charge is 0.226 e. The second-order valence-electron chi connectivity index (χ2n) is 4.39. The fraction of sp³-hybridized carbons (Fsp3) is 0.385. The number of aromatic nitrogens is 1. The molecule has 5 heteroatoms. The molecule has 1 heterocycles. The van der Waals surface area contributed by atoms with Crippen LogP contribution in [-0.4, -0.2) is 29.3 Å². The Bertz CT molecular complexity index is 536. The van der Waals surface area contributed by atoms with E-state index in [4.69, 9.17) is 9.63 Å². The maximum atomic E-state index is 11.7. The van der Waals surface area contributed by atoms with Crippen molar-refractivity contribution < 1.29 is 14.4 Å². The molecule has 5 nitrogen and oxygen atoms in total. The van der Waals surface area contributed by atoms with Crippen molar-refractivity contribution in [3.8, 4) is 0 Å². The van der Waals surface area contributed by atoms with E-state index in [0.29, 0.717) is 17.8 Å². The second kappa shape index (κ2) is 5.64. The van der Waals surface area contributed by atoms with E-state index in [-0.39, 0.29) is 24.9 Å². The summed E-state index contributed by atoms with van der Waals surface area (Å²) >= 11 is 0. The Morgan fingerprint density at radius 1 is 1.50 bits per heavy atom. The summed E-state index contributed by atoms with van der Waals surface area (Å²) in [4.78, 5) is 11.7. The van der Waals surface area contributed by atoms with Crippen LogP contribution in [0.3, 0.4) is 0 Å². The molecule has 1 amide bonds. The molecule has 1 atom stereocenters. The SMILES string of the molecule is CC(CO)CNC(=O)Cc1noc2ccccc12. The van der Waals surface area contributed by atoms with Gasteiger partial charge in [0.05, 0.1) is 6.42 Å². The standard InChI is InChI=1S/C13H16N2O3/c1-9(8-16)7-14-13(17)6-11-10-4-2-3-5-12(10)18-15-11/h2-5,9,16H,6-8H2,1H3,(H,14,17). The average molecular weight is 248 g/mol. The van der Waals surface area contributed by atoms with Gasteiger partial charge < -0.3 is 14.9 Å². The van der Waals surface area contributed by atoms with Crippen LogP contribution in [0.25, 0.3) is 11.0 Å². The van der Waals surface area contributed by atoms with Gasteiger partial charge in [0, 0.05) is 18.5 Å². The van der Waals surface area contributed by atoms with Crippen molar-refractivity contribution in [3.05, 3.63) is 30.0 Å². The van der Waals surface area contributed by atoms with Crippen LogP contribution in [0.15, 0.2) is 28.8 Å². The summed E-state index contributed by atoms with van der Waals surface area (Å²) in [6.07, 6.45) is 0.190. The normalized spacial score (nSPS) is 12.6. The minimum atomic E-state index is -0.116. The molecule has 18 heavy (non-hydrogen) atoms. The molecule has 1 aromatic carbocycles. The zero-order chi connectivity index (χ0) is 13.0. The summed E-state index contributed by atoms with van der Waals surface area (Å²) in [5.74, 6) is -0.0580. The number of carbonyl (C=O) groups excluding carboxylic acids is 1. The number of aliphatic hydroxyl groups excluding tert-OH is 1. The molecule has 0 fully saturated rings. The van der Waals surface area contributed by atoms with E-state index in [1.54, 1.807) is 0 Å². The molecular formula is C13H16N2O3. The molecular weight excluding hydrogens is 232 g/mol. The number of aliphatic hydroxyl groups is 1. The van der Waals surface area contributed by atoms with Gasteiger partial charge in [0.15, 0.2) is 5.58 Å². The average Bonchev–Trinajstić information content (AvgIpc) is 2.79. The fourth-order valence-corrected chi connectivity index (χ4v) is 1.63. The number of carbonyl (C=O) groups is 1. The van der Waals surface area contributed by atoms with E-state index in [2.05, 4.69) is 10.5 Å². The van der Waals surface area contributed by atoms with Gasteiger partial charge in [0.2, 0.25) is 5.91 Å². The third-order valence-corrected chi connectivity index (χ3v) is 2.74. The molecule has 0 radical (unpaired) electrons. The molecule has 1 aromatic heterocycles. The lowest BCUT2D eigenvalue weighted by Gasteiger charge is -2.08. The molecule has 2 rings (SSSR count). The quantitative estimate of drug-likeness (QED) is 0.831. The Morgan fingerprint density at radius 3 is 3.06 bits per heavy atom. The third kappa shape index (κ3) is 2.87. The molecule has 1 unspecified atom stereocenters. The number of hydrogen-bond donors (Lipinski definition) is 2. The number of nitrogens with zero attached hydrogens (tertiary/aromatic N) is 1. The van der Waals surface area contributed by atoms with Gasteiger partial charge in [-0.25, -0.2) is 0 Å². The summed E-state index contributed by atoms with van der Waals surface area (Å²) in [6.45, 7) is 2.39. The predicted molar refractivity (Wildman–Crippen MR) is 67.0 cm³/mol. The zero-order valence-electron chi connectivity index (χ0n) is 10.2. The first-order valence-electron chi connectivity index (χ1n) is 5.91. The van der Waals surface area contributed by atoms with Crippen LogP contribution in [0.2, 0.25) is 0 Å². The summed E-state index contributed by atoms with van der Waals surface area (Å²) in [5, 5.41) is 16.4. The lowest BCUT2D eigenvalue weighted by atomic mass is 10.1. The number of nitrogens with one attached hydrogen (secondary N) is 1. The monoisotopic (exact) mass is 248 g/mol. The molecule has 0 spiro atoms. The van der Waals surface area contributed by atoms with Gasteiger partial charge in [0.25, 0.3) is 0 Å². The number of amides is 1. The summed E-state index contributed by atoms with van der Waals surface area (Å²) in [5.41, 5.74) is 1.32. The number of benzene rings is 1. The Hall–Kier alpha value is -1.88. The van der Waals surface area contributed by atoms with Crippen molar-refractivity contribution in [1.82, 2.24) is 10.5 Å². The van der Waals surface area contributed by atoms with Crippen LogP contribution in [0.1, 0.15) is 12.6 Å². The Balaban J connectivity index is 1.99. The molecule has 0 saturated carbocycles. The van der Waals surface area contributed by atoms with Gasteiger partial charge in [-0.15, -0.1) is 0 Å². The molecule has 96 valence electrons. The second-order valence-corrected chi connectivity index (χ2v) is 4.39. The van der Waals surface area contributed by atoms with Crippen molar-refractivity contribution in [2.24, 2.45) is 5.92 Å². The fourth-order valence-electron chi connectivity index (χ4n) is 1.63. The van der Waals surface area contributed by atoms with E-state index < -0.39 is 0 Å². The van der Waals surface area contributed by atoms with Crippen LogP contribution >= 0.6 is 0 Å². The van der Waals surface area contributed by atoms with Gasteiger partial charge in [-0.3, -0.25) is 4.79 Å². The van der Waals surface area contributed by atoms with E-state index in [0.717, 1.165) is 5.39 Å². The maximum Gasteiger partial charge on any atom is 0.226 e. The summed E-state index contributed by atoms with van der Waals surface area (Å²) < 4.78 is 5.13. The van der Waals surface area contributed by atoms with Gasteiger partial charge in [0.1, 0.15) is 5.69 Å². The van der Waals surface area contributed by atoms with E-state index >= 15 is 0 Å². The molecule has 2 N–H and O–H groups in total. The van der Waals surface area contributed by atoms with Crippen molar-refractivity contribution in [3.63, 3.8) is 0 Å². The first-order valence-corrected chi connectivity index (χ1v) is 5.91. The van der Waals surface area contributed by atoms with Gasteiger partial charge in [-0.05, 0) is 18.1 Å². The Labute approximate surface area is 105 Å². The first-order chi connectivity index (χ1) is 8.70. The van der Waals surface area contributed by atoms with Gasteiger partial charge >= 0.3 is 0 Å². The van der Waals surface area contributed by atoms with Crippen LogP contribution in [0.5, 0.6) is 0 Å². The number of hydrogen-bond acceptors (Lipinski definition) is 4. The van der Waals surface area contributed by atoms with E-state index in [1.807, 2.05) is 31.2 Å². The van der Waals surface area contributed by atoms with Crippen LogP contribution < -0.4 is 5.32 Å². The van der Waals surface area contributed by atoms with Gasteiger partial charge in [-0.2, -0.15) is 0 Å². The van der Waals surface area contributed by atoms with Gasteiger partial charge in [-0.1, -0.05) is 24.2 Å². The highest BCUT2D eigenvalue weighted by Crippen LogP contribution is 2.17. The predicted octanol–water partition coefficient (Wildman–Crippen LogP) is 1.11. The summed E-state index contributed by atoms with van der Waals surface area (Å²) in [7, 11) is 0. The lowest BCUT2D eigenvalue weighted by molar-refractivity contribution is -0.120. The largest absolute Gasteiger partial charge is 0.396 e. The molecule has 2 aromatic rings. The highest BCUT2D eigenvalue weighted by atomic mass is 16.5. The number of para-hydroxylation sites is 1. The van der Waals surface area contributed by atoms with Crippen molar-refractivity contribution >= 4 is 16.9 Å². The lowest BCUT2D eigenvalue weighted by Crippen LogP contribution is -2.30. The maximum absolute atomic E-state index is 11.7. The first kappa shape index (κ1) is 12.6. The van der Waals surface area contributed by atoms with Crippen molar-refractivity contribution in [2.45, 2.75) is 13.3 Å². The van der Waals surface area contributed by atoms with E-state index in [9.17, 15) is 4.79 Å². The molecule has 0 aliphatic rings. The van der Waals surface area contributed by atoms with Crippen LogP contribution in [-0.2, 0) is 11.2 Å². The van der Waals surface area contributed by atoms with E-state index in [1.165, 1.54) is 0 Å². The highest BCUT2D eigenvalue weighted by Gasteiger charge is 2.12. The van der Waals surface area contributed by atoms with Crippen LogP contribution in [0, 0.1) is 5.92 Å². The minimum Gasteiger partial charge on any atom is -0.396 e. The molecule has 0 saturated heterocycles. The molecule has 0 aliphatic carbocycles. The third-order valence-electron chi connectivity index (χ3n) is 2.74. The Kier molecular flexibility index (Phi) is 3.94.